The molecule has 1 aromatic heterocycles. The number of nitrogens with one attached hydrogen (secondary N) is 1. The maximum absolute atomic E-state index is 12.6. The van der Waals surface area contributed by atoms with Gasteiger partial charge in [0.05, 0.1) is 22.9 Å². The molecule has 29 heavy (non-hydrogen) atoms. The zero-order valence-electron chi connectivity index (χ0n) is 16.8. The smallest absolute Gasteiger partial charge is 0.255 e. The number of carbonyl (C=O) groups excluding carboxylic acids is 1. The molecular formula is C23H26N2O3S. The fraction of sp³-hybridized carbons (Fsp3) is 0.304. The van der Waals surface area contributed by atoms with Gasteiger partial charge in [0.15, 0.2) is 0 Å². The van der Waals surface area contributed by atoms with Crippen molar-refractivity contribution in [3.05, 3.63) is 70.0 Å². The van der Waals surface area contributed by atoms with E-state index in [0.29, 0.717) is 37.7 Å². The molecule has 0 saturated heterocycles. The van der Waals surface area contributed by atoms with E-state index in [1.54, 1.807) is 23.5 Å². The Morgan fingerprint density at radius 1 is 1.10 bits per heavy atom. The molecule has 0 saturated carbocycles. The molecule has 0 aliphatic heterocycles. The summed E-state index contributed by atoms with van der Waals surface area (Å²) in [7, 11) is 0. The number of nitrogens with zero attached hydrogens (tertiary/aromatic N) is 1. The zero-order chi connectivity index (χ0) is 20.5. The largest absolute Gasteiger partial charge is 0.490 e. The molecule has 3 aromatic rings. The minimum Gasteiger partial charge on any atom is -0.490 e. The fourth-order valence-corrected chi connectivity index (χ4v) is 3.51. The number of aromatic nitrogens is 1. The number of amides is 1. The summed E-state index contributed by atoms with van der Waals surface area (Å²) in [6.45, 7) is 6.07. The van der Waals surface area contributed by atoms with E-state index >= 15 is 0 Å². The average Bonchev–Trinajstić information content (AvgIpc) is 3.18. The monoisotopic (exact) mass is 410 g/mol. The van der Waals surface area contributed by atoms with Crippen LogP contribution in [0.25, 0.3) is 11.3 Å². The summed E-state index contributed by atoms with van der Waals surface area (Å²) < 4.78 is 11.0. The van der Waals surface area contributed by atoms with Crippen molar-refractivity contribution in [3.8, 4) is 17.0 Å². The van der Waals surface area contributed by atoms with E-state index in [-0.39, 0.29) is 5.91 Å². The third kappa shape index (κ3) is 6.14. The molecule has 1 N–H and O–H groups in total. The van der Waals surface area contributed by atoms with Crippen molar-refractivity contribution in [1.29, 1.82) is 0 Å². The number of ether oxygens (including phenoxy) is 2. The van der Waals surface area contributed by atoms with Crippen LogP contribution in [0.15, 0.2) is 53.9 Å². The maximum Gasteiger partial charge on any atom is 0.255 e. The number of hydrogen-bond donors (Lipinski definition) is 1. The van der Waals surface area contributed by atoms with Crippen LogP contribution in [0.1, 0.15) is 27.9 Å². The Kier molecular flexibility index (Phi) is 7.78. The summed E-state index contributed by atoms with van der Waals surface area (Å²) in [4.78, 5) is 17.1. The van der Waals surface area contributed by atoms with Crippen molar-refractivity contribution in [2.24, 2.45) is 0 Å². The highest BCUT2D eigenvalue weighted by Crippen LogP contribution is 2.22. The topological polar surface area (TPSA) is 60.5 Å². The highest BCUT2D eigenvalue weighted by atomic mass is 32.1. The van der Waals surface area contributed by atoms with Crippen molar-refractivity contribution in [3.63, 3.8) is 0 Å². The van der Waals surface area contributed by atoms with Gasteiger partial charge in [-0.2, -0.15) is 0 Å². The molecule has 2 aromatic carbocycles. The van der Waals surface area contributed by atoms with Gasteiger partial charge in [-0.15, -0.1) is 11.3 Å². The molecule has 0 bridgehead atoms. The molecular weight excluding hydrogens is 384 g/mol. The summed E-state index contributed by atoms with van der Waals surface area (Å²) >= 11 is 1.65. The lowest BCUT2D eigenvalue weighted by Gasteiger charge is -2.12. The quantitative estimate of drug-likeness (QED) is 0.500. The number of rotatable bonds is 10. The third-order valence-corrected chi connectivity index (χ3v) is 5.16. The molecule has 0 atom stereocenters. The van der Waals surface area contributed by atoms with Crippen LogP contribution in [0.3, 0.4) is 0 Å². The third-order valence-electron chi connectivity index (χ3n) is 4.39. The Morgan fingerprint density at radius 3 is 2.62 bits per heavy atom. The second-order valence-corrected chi connectivity index (χ2v) is 7.56. The minimum atomic E-state index is -0.133. The first-order valence-electron chi connectivity index (χ1n) is 9.76. The minimum absolute atomic E-state index is 0.133. The van der Waals surface area contributed by atoms with Crippen LogP contribution < -0.4 is 10.1 Å². The summed E-state index contributed by atoms with van der Waals surface area (Å²) in [5.74, 6) is 0.444. The predicted octanol–water partition coefficient (Wildman–Crippen LogP) is 4.51. The van der Waals surface area contributed by atoms with Gasteiger partial charge in [-0.3, -0.25) is 4.79 Å². The second-order valence-electron chi connectivity index (χ2n) is 6.50. The fourth-order valence-electron chi connectivity index (χ4n) is 2.89. The lowest BCUT2D eigenvalue weighted by atomic mass is 10.1. The Morgan fingerprint density at radius 2 is 1.90 bits per heavy atom. The molecule has 5 nitrogen and oxygen atoms in total. The maximum atomic E-state index is 12.6. The molecule has 152 valence electrons. The van der Waals surface area contributed by atoms with E-state index in [9.17, 15) is 4.79 Å². The molecule has 0 spiro atoms. The van der Waals surface area contributed by atoms with E-state index < -0.39 is 0 Å². The number of para-hydroxylation sites is 1. The first-order valence-corrected chi connectivity index (χ1v) is 10.6. The zero-order valence-corrected chi connectivity index (χ0v) is 17.6. The Hall–Kier alpha value is -2.70. The van der Waals surface area contributed by atoms with Crippen LogP contribution in [0.4, 0.5) is 0 Å². The number of hydrogen-bond acceptors (Lipinski definition) is 5. The highest BCUT2D eigenvalue weighted by Gasteiger charge is 2.11. The SMILES string of the molecule is CCOCCOc1ccccc1C(=O)NCCc1ccc(-c2csc(C)n2)cc1. The normalized spacial score (nSPS) is 10.7. The molecule has 0 aliphatic rings. The van der Waals surface area contributed by atoms with Crippen molar-refractivity contribution in [2.75, 3.05) is 26.4 Å². The van der Waals surface area contributed by atoms with Crippen LogP contribution >= 0.6 is 11.3 Å². The molecule has 1 heterocycles. The van der Waals surface area contributed by atoms with Crippen molar-refractivity contribution in [1.82, 2.24) is 10.3 Å². The van der Waals surface area contributed by atoms with E-state index in [2.05, 4.69) is 39.9 Å². The van der Waals surface area contributed by atoms with E-state index in [4.69, 9.17) is 9.47 Å². The molecule has 0 unspecified atom stereocenters. The summed E-state index contributed by atoms with van der Waals surface area (Å²) in [5.41, 5.74) is 3.83. The van der Waals surface area contributed by atoms with E-state index in [1.165, 1.54) is 5.56 Å². The summed E-state index contributed by atoms with van der Waals surface area (Å²) in [6, 6.07) is 15.6. The highest BCUT2D eigenvalue weighted by molar-refractivity contribution is 7.09. The Bertz CT molecular complexity index is 922. The van der Waals surface area contributed by atoms with Crippen molar-refractivity contribution in [2.45, 2.75) is 20.3 Å². The lowest BCUT2D eigenvalue weighted by Crippen LogP contribution is -2.26. The van der Waals surface area contributed by atoms with Gasteiger partial charge < -0.3 is 14.8 Å². The van der Waals surface area contributed by atoms with E-state index in [0.717, 1.165) is 22.7 Å². The van der Waals surface area contributed by atoms with Gasteiger partial charge in [-0.05, 0) is 38.0 Å². The number of benzene rings is 2. The van der Waals surface area contributed by atoms with Crippen LogP contribution in [-0.2, 0) is 11.2 Å². The van der Waals surface area contributed by atoms with Crippen LogP contribution in [0.2, 0.25) is 0 Å². The molecule has 0 radical (unpaired) electrons. The van der Waals surface area contributed by atoms with Gasteiger partial charge in [0, 0.05) is 24.1 Å². The Labute approximate surface area is 175 Å². The molecule has 6 heteroatoms. The van der Waals surface area contributed by atoms with Gasteiger partial charge in [-0.1, -0.05) is 36.4 Å². The molecule has 1 amide bonds. The first-order chi connectivity index (χ1) is 14.2. The number of thiazole rings is 1. The van der Waals surface area contributed by atoms with Crippen LogP contribution in [0.5, 0.6) is 5.75 Å². The molecule has 0 fully saturated rings. The average molecular weight is 411 g/mol. The lowest BCUT2D eigenvalue weighted by molar-refractivity contribution is 0.0937. The van der Waals surface area contributed by atoms with Gasteiger partial charge >= 0.3 is 0 Å². The molecule has 3 rings (SSSR count). The van der Waals surface area contributed by atoms with Gasteiger partial charge in [0.1, 0.15) is 12.4 Å². The van der Waals surface area contributed by atoms with Gasteiger partial charge in [0.25, 0.3) is 5.91 Å². The van der Waals surface area contributed by atoms with Gasteiger partial charge in [-0.25, -0.2) is 4.98 Å². The van der Waals surface area contributed by atoms with Crippen LogP contribution in [0, 0.1) is 6.92 Å². The standard InChI is InChI=1S/C23H26N2O3S/c1-3-27-14-15-28-22-7-5-4-6-20(22)23(26)24-13-12-18-8-10-19(11-9-18)21-16-29-17(2)25-21/h4-11,16H,3,12-15H2,1-2H3,(H,24,26). The van der Waals surface area contributed by atoms with Crippen molar-refractivity contribution < 1.29 is 14.3 Å². The van der Waals surface area contributed by atoms with E-state index in [1.807, 2.05) is 26.0 Å². The predicted molar refractivity (Wildman–Crippen MR) is 117 cm³/mol. The van der Waals surface area contributed by atoms with Crippen molar-refractivity contribution >= 4 is 17.2 Å². The summed E-state index contributed by atoms with van der Waals surface area (Å²) in [5, 5.41) is 6.11. The Balaban J connectivity index is 1.51. The van der Waals surface area contributed by atoms with Crippen LogP contribution in [-0.4, -0.2) is 37.3 Å². The number of carbonyl (C=O) groups is 1. The molecule has 0 aliphatic carbocycles. The summed E-state index contributed by atoms with van der Waals surface area (Å²) in [6.07, 6.45) is 0.759. The second kappa shape index (κ2) is 10.7. The first kappa shape index (κ1) is 21.0. The van der Waals surface area contributed by atoms with Gasteiger partial charge in [0.2, 0.25) is 0 Å². The number of aryl methyl sites for hydroxylation is 1.